The average molecular weight is 243 g/mol. The molecule has 0 aromatic carbocycles. The van der Waals surface area contributed by atoms with Crippen LogP contribution >= 0.6 is 11.6 Å². The molecule has 16 heavy (non-hydrogen) atoms. The van der Waals surface area contributed by atoms with Gasteiger partial charge in [0.1, 0.15) is 5.82 Å². The number of hydrogen-bond donors (Lipinski definition) is 1. The summed E-state index contributed by atoms with van der Waals surface area (Å²) < 4.78 is 5.53. The Labute approximate surface area is 102 Å². The van der Waals surface area contributed by atoms with Crippen LogP contribution < -0.4 is 5.73 Å². The van der Waals surface area contributed by atoms with E-state index in [2.05, 4.69) is 25.8 Å². The Balaban J connectivity index is 2.40. The van der Waals surface area contributed by atoms with E-state index < -0.39 is 0 Å². The molecule has 0 saturated heterocycles. The lowest BCUT2D eigenvalue weighted by molar-refractivity contribution is 0.0942. The number of pyridine rings is 1. The first-order valence-corrected chi connectivity index (χ1v) is 5.75. The maximum Gasteiger partial charge on any atom is 0.123 e. The summed E-state index contributed by atoms with van der Waals surface area (Å²) in [5.74, 6) is 0.471. The summed E-state index contributed by atoms with van der Waals surface area (Å²) in [4.78, 5) is 4.13. The van der Waals surface area contributed by atoms with Crippen LogP contribution in [0.2, 0.25) is 5.02 Å². The molecule has 1 heterocycles. The van der Waals surface area contributed by atoms with Gasteiger partial charge in [0.25, 0.3) is 0 Å². The lowest BCUT2D eigenvalue weighted by atomic mass is 9.93. The van der Waals surface area contributed by atoms with Gasteiger partial charge in [-0.3, -0.25) is 0 Å². The Kier molecular flexibility index (Phi) is 4.56. The number of nitrogens with two attached hydrogens (primary N) is 1. The van der Waals surface area contributed by atoms with Crippen molar-refractivity contribution in [3.63, 3.8) is 0 Å². The third kappa shape index (κ3) is 4.81. The summed E-state index contributed by atoms with van der Waals surface area (Å²) in [6.45, 7) is 7.67. The Morgan fingerprint density at radius 1 is 1.38 bits per heavy atom. The van der Waals surface area contributed by atoms with Crippen molar-refractivity contribution in [1.82, 2.24) is 4.98 Å². The maximum absolute atomic E-state index is 5.97. The van der Waals surface area contributed by atoms with Crippen molar-refractivity contribution in [3.8, 4) is 0 Å². The third-order valence-electron chi connectivity index (χ3n) is 2.18. The zero-order chi connectivity index (χ0) is 12.2. The van der Waals surface area contributed by atoms with Crippen molar-refractivity contribution in [1.29, 1.82) is 0 Å². The number of nitrogens with zero attached hydrogens (tertiary/aromatic N) is 1. The molecule has 0 radical (unpaired) electrons. The molecule has 0 bridgehead atoms. The topological polar surface area (TPSA) is 48.1 Å². The SMILES string of the molecule is CC(C)(C)CCOCc1nc(N)ccc1Cl. The quantitative estimate of drug-likeness (QED) is 0.825. The number of hydrogen-bond acceptors (Lipinski definition) is 3. The molecule has 0 aliphatic heterocycles. The largest absolute Gasteiger partial charge is 0.384 e. The van der Waals surface area contributed by atoms with E-state index in [1.54, 1.807) is 12.1 Å². The maximum atomic E-state index is 5.97. The van der Waals surface area contributed by atoms with Crippen LogP contribution in [0, 0.1) is 5.41 Å². The molecule has 0 aliphatic rings. The van der Waals surface area contributed by atoms with Crippen molar-refractivity contribution in [2.24, 2.45) is 5.41 Å². The number of nitrogen functional groups attached to an aromatic ring is 1. The Morgan fingerprint density at radius 3 is 2.69 bits per heavy atom. The molecule has 1 aromatic rings. The summed E-state index contributed by atoms with van der Waals surface area (Å²) >= 11 is 5.97. The van der Waals surface area contributed by atoms with E-state index in [4.69, 9.17) is 22.1 Å². The molecule has 0 unspecified atom stereocenters. The molecule has 1 aromatic heterocycles. The van der Waals surface area contributed by atoms with Crippen molar-refractivity contribution >= 4 is 17.4 Å². The van der Waals surface area contributed by atoms with E-state index in [1.807, 2.05) is 0 Å². The molecule has 3 nitrogen and oxygen atoms in total. The van der Waals surface area contributed by atoms with E-state index in [0.29, 0.717) is 29.7 Å². The molecule has 1 rings (SSSR count). The Morgan fingerprint density at radius 2 is 2.06 bits per heavy atom. The van der Waals surface area contributed by atoms with E-state index in [-0.39, 0.29) is 5.41 Å². The van der Waals surface area contributed by atoms with Crippen LogP contribution in [0.25, 0.3) is 0 Å². The van der Waals surface area contributed by atoms with Gasteiger partial charge >= 0.3 is 0 Å². The van der Waals surface area contributed by atoms with Crippen LogP contribution in [0.5, 0.6) is 0 Å². The molecule has 2 N–H and O–H groups in total. The molecule has 4 heteroatoms. The molecular weight excluding hydrogens is 224 g/mol. The highest BCUT2D eigenvalue weighted by Crippen LogP contribution is 2.19. The van der Waals surface area contributed by atoms with Crippen LogP contribution in [-0.4, -0.2) is 11.6 Å². The minimum atomic E-state index is 0.285. The van der Waals surface area contributed by atoms with Crippen LogP contribution in [0.3, 0.4) is 0 Å². The zero-order valence-corrected chi connectivity index (χ0v) is 10.8. The lowest BCUT2D eigenvalue weighted by Crippen LogP contribution is -2.10. The molecule has 0 amide bonds. The first-order valence-electron chi connectivity index (χ1n) is 5.37. The van der Waals surface area contributed by atoms with E-state index in [9.17, 15) is 0 Å². The highest BCUT2D eigenvalue weighted by atomic mass is 35.5. The summed E-state index contributed by atoms with van der Waals surface area (Å²) in [5, 5.41) is 0.602. The van der Waals surface area contributed by atoms with Crippen molar-refractivity contribution < 1.29 is 4.74 Å². The second-order valence-corrected chi connectivity index (χ2v) is 5.44. The Bertz CT molecular complexity index is 347. The van der Waals surface area contributed by atoms with Gasteiger partial charge in [0.2, 0.25) is 0 Å². The van der Waals surface area contributed by atoms with E-state index >= 15 is 0 Å². The van der Waals surface area contributed by atoms with Crippen LogP contribution in [-0.2, 0) is 11.3 Å². The molecule has 0 spiro atoms. The fourth-order valence-corrected chi connectivity index (χ4v) is 1.31. The van der Waals surface area contributed by atoms with Gasteiger partial charge in [-0.05, 0) is 24.0 Å². The molecule has 0 saturated carbocycles. The van der Waals surface area contributed by atoms with Gasteiger partial charge in [-0.15, -0.1) is 0 Å². The number of aromatic nitrogens is 1. The fraction of sp³-hybridized carbons (Fsp3) is 0.583. The Hall–Kier alpha value is -0.800. The summed E-state index contributed by atoms with van der Waals surface area (Å²) in [5.41, 5.74) is 6.56. The highest BCUT2D eigenvalue weighted by molar-refractivity contribution is 6.31. The lowest BCUT2D eigenvalue weighted by Gasteiger charge is -2.17. The van der Waals surface area contributed by atoms with Crippen molar-refractivity contribution in [3.05, 3.63) is 22.8 Å². The molecule has 90 valence electrons. The zero-order valence-electron chi connectivity index (χ0n) is 10.1. The smallest absolute Gasteiger partial charge is 0.123 e. The fourth-order valence-electron chi connectivity index (χ4n) is 1.15. The first kappa shape index (κ1) is 13.3. The predicted octanol–water partition coefficient (Wildman–Crippen LogP) is 3.27. The van der Waals surface area contributed by atoms with Gasteiger partial charge in [0.15, 0.2) is 0 Å². The van der Waals surface area contributed by atoms with E-state index in [0.717, 1.165) is 6.42 Å². The van der Waals surface area contributed by atoms with Crippen LogP contribution in [0.1, 0.15) is 32.9 Å². The number of anilines is 1. The highest BCUT2D eigenvalue weighted by Gasteiger charge is 2.10. The second-order valence-electron chi connectivity index (χ2n) is 5.03. The molecule has 0 aliphatic carbocycles. The number of rotatable bonds is 4. The standard InChI is InChI=1S/C12H19ClN2O/c1-12(2,3)6-7-16-8-10-9(13)4-5-11(14)15-10/h4-5H,6-8H2,1-3H3,(H2,14,15). The van der Waals surface area contributed by atoms with Crippen LogP contribution in [0.4, 0.5) is 5.82 Å². The normalized spacial score (nSPS) is 11.8. The minimum absolute atomic E-state index is 0.285. The number of ether oxygens (including phenoxy) is 1. The van der Waals surface area contributed by atoms with E-state index in [1.165, 1.54) is 0 Å². The third-order valence-corrected chi connectivity index (χ3v) is 2.52. The summed E-state index contributed by atoms with van der Waals surface area (Å²) in [6, 6.07) is 3.42. The van der Waals surface area contributed by atoms with Gasteiger partial charge in [-0.25, -0.2) is 4.98 Å². The summed E-state index contributed by atoms with van der Waals surface area (Å²) in [7, 11) is 0. The molecule has 0 atom stereocenters. The first-order chi connectivity index (χ1) is 7.38. The van der Waals surface area contributed by atoms with Gasteiger partial charge in [-0.1, -0.05) is 32.4 Å². The number of halogens is 1. The van der Waals surface area contributed by atoms with Gasteiger partial charge in [-0.2, -0.15) is 0 Å². The molecule has 0 fully saturated rings. The monoisotopic (exact) mass is 242 g/mol. The van der Waals surface area contributed by atoms with Crippen LogP contribution in [0.15, 0.2) is 12.1 Å². The minimum Gasteiger partial charge on any atom is -0.384 e. The van der Waals surface area contributed by atoms with Crippen molar-refractivity contribution in [2.45, 2.75) is 33.8 Å². The average Bonchev–Trinajstić information content (AvgIpc) is 2.16. The summed E-state index contributed by atoms with van der Waals surface area (Å²) in [6.07, 6.45) is 1.01. The van der Waals surface area contributed by atoms with Gasteiger partial charge in [0, 0.05) is 6.61 Å². The second kappa shape index (κ2) is 5.51. The predicted molar refractivity (Wildman–Crippen MR) is 67.4 cm³/mol. The van der Waals surface area contributed by atoms with Gasteiger partial charge in [0.05, 0.1) is 17.3 Å². The van der Waals surface area contributed by atoms with Gasteiger partial charge < -0.3 is 10.5 Å². The van der Waals surface area contributed by atoms with Crippen molar-refractivity contribution in [2.75, 3.05) is 12.3 Å². The molecular formula is C12H19ClN2O.